The molecule has 0 bridgehead atoms. The highest BCUT2D eigenvalue weighted by atomic mass is 15.2. The van der Waals surface area contributed by atoms with Crippen molar-refractivity contribution < 1.29 is 0 Å². The fourth-order valence-electron chi connectivity index (χ4n) is 7.61. The number of para-hydroxylation sites is 2. The van der Waals surface area contributed by atoms with Gasteiger partial charge in [-0.3, -0.25) is 0 Å². The number of hydrogen-bond acceptors (Lipinski definition) is 3. The maximum Gasteiger partial charge on any atom is 0.0995 e. The Morgan fingerprint density at radius 2 is 1.13 bits per heavy atom. The third kappa shape index (κ3) is 4.18. The maximum absolute atomic E-state index is 10.2. The predicted molar refractivity (Wildman–Crippen MR) is 186 cm³/mol. The molecule has 0 aromatic heterocycles. The lowest BCUT2D eigenvalue weighted by molar-refractivity contribution is 0.632. The number of anilines is 4. The molecule has 1 aliphatic carbocycles. The van der Waals surface area contributed by atoms with Crippen LogP contribution < -0.4 is 10.6 Å². The van der Waals surface area contributed by atoms with E-state index in [-0.39, 0.29) is 5.41 Å². The average molecular weight is 580 g/mol. The molecule has 2 aliphatic rings. The smallest absolute Gasteiger partial charge is 0.0995 e. The average Bonchev–Trinajstić information content (AvgIpc) is 3.07. The lowest BCUT2D eigenvalue weighted by Gasteiger charge is -2.42. The van der Waals surface area contributed by atoms with Crippen molar-refractivity contribution in [1.29, 1.82) is 5.26 Å². The molecule has 216 valence electrons. The molecule has 0 radical (unpaired) electrons. The van der Waals surface area contributed by atoms with E-state index in [0.29, 0.717) is 11.3 Å². The summed E-state index contributed by atoms with van der Waals surface area (Å²) in [7, 11) is 0. The quantitative estimate of drug-likeness (QED) is 0.197. The van der Waals surface area contributed by atoms with E-state index in [4.69, 9.17) is 5.73 Å². The Morgan fingerprint density at radius 1 is 0.600 bits per heavy atom. The summed E-state index contributed by atoms with van der Waals surface area (Å²) in [5.74, 6) is 0. The van der Waals surface area contributed by atoms with Gasteiger partial charge in [0.25, 0.3) is 0 Å². The van der Waals surface area contributed by atoms with Crippen molar-refractivity contribution >= 4 is 22.7 Å². The predicted octanol–water partition coefficient (Wildman–Crippen LogP) is 10.3. The summed E-state index contributed by atoms with van der Waals surface area (Å²) in [6.07, 6.45) is 1.51. The van der Waals surface area contributed by atoms with E-state index in [9.17, 15) is 5.26 Å². The van der Waals surface area contributed by atoms with Crippen molar-refractivity contribution in [2.75, 3.05) is 10.6 Å². The van der Waals surface area contributed by atoms with Crippen LogP contribution in [0.4, 0.5) is 22.7 Å². The highest BCUT2D eigenvalue weighted by Gasteiger charge is 2.36. The summed E-state index contributed by atoms with van der Waals surface area (Å²) >= 11 is 0. The van der Waals surface area contributed by atoms with E-state index in [0.717, 1.165) is 40.8 Å². The van der Waals surface area contributed by atoms with Crippen LogP contribution in [-0.2, 0) is 18.3 Å². The number of benzene rings is 6. The third-order valence-corrected chi connectivity index (χ3v) is 9.75. The van der Waals surface area contributed by atoms with E-state index in [1.54, 1.807) is 0 Å². The van der Waals surface area contributed by atoms with Gasteiger partial charge in [-0.15, -0.1) is 0 Å². The van der Waals surface area contributed by atoms with Gasteiger partial charge in [-0.2, -0.15) is 5.26 Å². The highest BCUT2D eigenvalue weighted by Crippen LogP contribution is 2.52. The molecule has 45 heavy (non-hydrogen) atoms. The molecule has 0 spiro atoms. The largest absolute Gasteiger partial charge is 0.399 e. The minimum Gasteiger partial charge on any atom is -0.399 e. The summed E-state index contributed by atoms with van der Waals surface area (Å²) in [5, 5.41) is 10.2. The van der Waals surface area contributed by atoms with Gasteiger partial charge < -0.3 is 10.6 Å². The van der Waals surface area contributed by atoms with Crippen molar-refractivity contribution in [3.05, 3.63) is 155 Å². The summed E-state index contributed by atoms with van der Waals surface area (Å²) in [6.45, 7) is 4.64. The molecule has 0 saturated heterocycles. The maximum atomic E-state index is 10.2. The molecule has 8 rings (SSSR count). The first-order valence-corrected chi connectivity index (χ1v) is 15.6. The van der Waals surface area contributed by atoms with Crippen molar-refractivity contribution in [2.24, 2.45) is 0 Å². The zero-order valence-electron chi connectivity index (χ0n) is 25.5. The second kappa shape index (κ2) is 10.3. The second-order valence-corrected chi connectivity index (χ2v) is 12.6. The fourth-order valence-corrected chi connectivity index (χ4v) is 7.61. The molecule has 6 aromatic carbocycles. The summed E-state index contributed by atoms with van der Waals surface area (Å²) < 4.78 is 0. The van der Waals surface area contributed by atoms with Crippen LogP contribution in [0.15, 0.2) is 127 Å². The topological polar surface area (TPSA) is 53.0 Å². The molecule has 0 fully saturated rings. The van der Waals surface area contributed by atoms with E-state index in [2.05, 4.69) is 140 Å². The number of aryl methyl sites for hydroxylation is 1. The van der Waals surface area contributed by atoms with Gasteiger partial charge in [0, 0.05) is 16.8 Å². The molecule has 1 aliphatic heterocycles. The van der Waals surface area contributed by atoms with E-state index >= 15 is 0 Å². The number of rotatable bonds is 1. The number of fused-ring (bicyclic) bond motifs is 9. The van der Waals surface area contributed by atoms with E-state index < -0.39 is 0 Å². The normalized spacial score (nSPS) is 14.0. The van der Waals surface area contributed by atoms with Crippen LogP contribution in [0.3, 0.4) is 0 Å². The van der Waals surface area contributed by atoms with Gasteiger partial charge in [-0.25, -0.2) is 0 Å². The summed E-state index contributed by atoms with van der Waals surface area (Å²) in [4.78, 5) is 2.42. The SMILES string of the molecule is CC1(C)c2ccccc2N(c2ccc3c(c2)CCc2c(C#N)cc(N)cc2-c2ccccc2-c2ccccc2-3)c2ccccc21. The highest BCUT2D eigenvalue weighted by molar-refractivity contribution is 5.95. The van der Waals surface area contributed by atoms with Crippen LogP contribution in [-0.4, -0.2) is 0 Å². The van der Waals surface area contributed by atoms with Gasteiger partial charge in [0.05, 0.1) is 23.0 Å². The summed E-state index contributed by atoms with van der Waals surface area (Å²) in [5.41, 5.74) is 22.9. The van der Waals surface area contributed by atoms with Gasteiger partial charge in [0.15, 0.2) is 0 Å². The lowest BCUT2D eigenvalue weighted by atomic mass is 9.73. The molecule has 1 heterocycles. The fraction of sp³-hybridized carbons (Fsp3) is 0.119. The molecule has 0 unspecified atom stereocenters. The first-order valence-electron chi connectivity index (χ1n) is 15.6. The van der Waals surface area contributed by atoms with Crippen LogP contribution in [0.1, 0.15) is 41.7 Å². The molecule has 3 heteroatoms. The lowest BCUT2D eigenvalue weighted by Crippen LogP contribution is -2.30. The zero-order chi connectivity index (χ0) is 30.7. The van der Waals surface area contributed by atoms with Crippen molar-refractivity contribution in [3.8, 4) is 39.4 Å². The van der Waals surface area contributed by atoms with Crippen LogP contribution in [0.25, 0.3) is 33.4 Å². The molecule has 0 saturated carbocycles. The second-order valence-electron chi connectivity index (χ2n) is 12.6. The Labute approximate surface area is 264 Å². The van der Waals surface area contributed by atoms with Crippen LogP contribution in [0, 0.1) is 11.3 Å². The molecule has 0 amide bonds. The number of nitrogen functional groups attached to an aromatic ring is 1. The van der Waals surface area contributed by atoms with Gasteiger partial charge in [-0.05, 0) is 105 Å². The minimum absolute atomic E-state index is 0.116. The van der Waals surface area contributed by atoms with Gasteiger partial charge >= 0.3 is 0 Å². The number of nitrogens with zero attached hydrogens (tertiary/aromatic N) is 2. The molecule has 3 nitrogen and oxygen atoms in total. The van der Waals surface area contributed by atoms with Crippen molar-refractivity contribution in [1.82, 2.24) is 0 Å². The first kappa shape index (κ1) is 27.0. The number of nitriles is 1. The Morgan fingerprint density at radius 3 is 1.73 bits per heavy atom. The van der Waals surface area contributed by atoms with Crippen molar-refractivity contribution in [2.45, 2.75) is 32.1 Å². The van der Waals surface area contributed by atoms with Gasteiger partial charge in [-0.1, -0.05) is 105 Å². The van der Waals surface area contributed by atoms with E-state index in [1.165, 1.54) is 44.8 Å². The van der Waals surface area contributed by atoms with Gasteiger partial charge in [0.1, 0.15) is 0 Å². The Balaban J connectivity index is 1.38. The Hall–Kier alpha value is -5.59. The van der Waals surface area contributed by atoms with Gasteiger partial charge in [0.2, 0.25) is 0 Å². The monoisotopic (exact) mass is 579 g/mol. The molecular formula is C42H33N3. The van der Waals surface area contributed by atoms with Crippen LogP contribution in [0.5, 0.6) is 0 Å². The number of hydrogen-bond donors (Lipinski definition) is 1. The molecular weight excluding hydrogens is 546 g/mol. The van der Waals surface area contributed by atoms with E-state index in [1.807, 2.05) is 12.1 Å². The Bertz CT molecular complexity index is 2130. The van der Waals surface area contributed by atoms with Crippen LogP contribution >= 0.6 is 0 Å². The van der Waals surface area contributed by atoms with Crippen LogP contribution in [0.2, 0.25) is 0 Å². The summed E-state index contributed by atoms with van der Waals surface area (Å²) in [6, 6.07) is 48.0. The standard InChI is InChI=1S/C42H33N3/c1-42(2)38-15-7-9-17-40(38)45(41-18-10-8-16-39(41)42)30-20-22-31-27(24-30)19-21-32-28(26-43)23-29(44)25-37(32)36-14-6-5-13-35(36)34-12-4-3-11-33(31)34/h3-18,20,22-25H,19,21,44H2,1-2H3. The Kier molecular flexibility index (Phi) is 6.15. The molecule has 2 N–H and O–H groups in total. The number of nitrogens with two attached hydrogens (primary N) is 1. The minimum atomic E-state index is -0.116. The van der Waals surface area contributed by atoms with Crippen molar-refractivity contribution in [3.63, 3.8) is 0 Å². The zero-order valence-corrected chi connectivity index (χ0v) is 25.5. The third-order valence-electron chi connectivity index (χ3n) is 9.75. The molecule has 6 aromatic rings. The first-order chi connectivity index (χ1) is 22.0. The molecule has 0 atom stereocenters.